The van der Waals surface area contributed by atoms with E-state index in [9.17, 15) is 19.2 Å². The van der Waals surface area contributed by atoms with Crippen molar-refractivity contribution in [1.82, 2.24) is 24.6 Å². The summed E-state index contributed by atoms with van der Waals surface area (Å²) in [5.74, 6) is -0.480. The molecule has 0 aromatic carbocycles. The van der Waals surface area contributed by atoms with Crippen LogP contribution in [0, 0.1) is 0 Å². The van der Waals surface area contributed by atoms with Crippen LogP contribution in [0.25, 0.3) is 0 Å². The highest BCUT2D eigenvalue weighted by atomic mass is 16.6. The molecule has 0 aliphatic carbocycles. The minimum atomic E-state index is -0.578. The Morgan fingerprint density at radius 2 is 0.917 bits per heavy atom. The maximum atomic E-state index is 13.1. The van der Waals surface area contributed by atoms with Crippen molar-refractivity contribution in [2.24, 2.45) is 0 Å². The summed E-state index contributed by atoms with van der Waals surface area (Å²) in [6.07, 6.45) is 2.10. The number of piperazine rings is 2. The van der Waals surface area contributed by atoms with Crippen molar-refractivity contribution in [2.45, 2.75) is 52.7 Å². The number of pyridine rings is 1. The average Bonchev–Trinajstić information content (AvgIpc) is 2.81. The molecule has 2 aliphatic rings. The van der Waals surface area contributed by atoms with Crippen molar-refractivity contribution in [3.8, 4) is 0 Å². The van der Waals surface area contributed by atoms with E-state index in [4.69, 9.17) is 9.47 Å². The lowest BCUT2D eigenvalue weighted by Gasteiger charge is -2.36. The van der Waals surface area contributed by atoms with E-state index < -0.39 is 23.4 Å². The second-order valence-electron chi connectivity index (χ2n) is 11.0. The number of hydrogen-bond donors (Lipinski definition) is 0. The molecule has 11 heteroatoms. The summed E-state index contributed by atoms with van der Waals surface area (Å²) in [6, 6.07) is 1.55. The smallest absolute Gasteiger partial charge is 0.410 e. The zero-order valence-corrected chi connectivity index (χ0v) is 22.1. The van der Waals surface area contributed by atoms with Crippen LogP contribution in [0.2, 0.25) is 0 Å². The Labute approximate surface area is 212 Å². The Kier molecular flexibility index (Phi) is 8.10. The third kappa shape index (κ3) is 7.32. The summed E-state index contributed by atoms with van der Waals surface area (Å²) in [4.78, 5) is 61.2. The van der Waals surface area contributed by atoms with E-state index in [0.717, 1.165) is 0 Å². The molecule has 11 nitrogen and oxygen atoms in total. The SMILES string of the molecule is CC(C)(C)OC(=O)N1CCN(C(=O)c2cncc(C(=O)N3CCN(C(=O)OC(C)(C)C)CC3)c2)CC1. The van der Waals surface area contributed by atoms with Crippen LogP contribution in [0.3, 0.4) is 0 Å². The highest BCUT2D eigenvalue weighted by molar-refractivity contribution is 5.99. The first-order valence-electron chi connectivity index (χ1n) is 12.2. The van der Waals surface area contributed by atoms with Gasteiger partial charge in [0.2, 0.25) is 0 Å². The number of amides is 4. The highest BCUT2D eigenvalue weighted by Gasteiger charge is 2.30. The maximum absolute atomic E-state index is 13.1. The molecular formula is C25H37N5O6. The predicted octanol–water partition coefficient (Wildman–Crippen LogP) is 2.47. The van der Waals surface area contributed by atoms with Gasteiger partial charge in [-0.3, -0.25) is 14.6 Å². The second-order valence-corrected chi connectivity index (χ2v) is 11.0. The Bertz CT molecular complexity index is 908. The van der Waals surface area contributed by atoms with Gasteiger partial charge in [-0.1, -0.05) is 0 Å². The van der Waals surface area contributed by atoms with Gasteiger partial charge >= 0.3 is 12.2 Å². The zero-order chi connectivity index (χ0) is 26.7. The minimum absolute atomic E-state index is 0.240. The minimum Gasteiger partial charge on any atom is -0.444 e. The van der Waals surface area contributed by atoms with Crippen LogP contribution < -0.4 is 0 Å². The van der Waals surface area contributed by atoms with Gasteiger partial charge in [0.15, 0.2) is 0 Å². The van der Waals surface area contributed by atoms with Crippen LogP contribution in [0.1, 0.15) is 62.3 Å². The van der Waals surface area contributed by atoms with E-state index >= 15 is 0 Å². The van der Waals surface area contributed by atoms with Gasteiger partial charge in [-0.15, -0.1) is 0 Å². The Morgan fingerprint density at radius 3 is 1.22 bits per heavy atom. The summed E-state index contributed by atoms with van der Waals surface area (Å²) in [6.45, 7) is 13.8. The van der Waals surface area contributed by atoms with Crippen LogP contribution in [-0.2, 0) is 9.47 Å². The molecule has 4 amide bonds. The van der Waals surface area contributed by atoms with Gasteiger partial charge in [0.25, 0.3) is 11.8 Å². The van der Waals surface area contributed by atoms with E-state index in [-0.39, 0.29) is 11.8 Å². The van der Waals surface area contributed by atoms with Crippen LogP contribution in [0.15, 0.2) is 18.5 Å². The van der Waals surface area contributed by atoms with E-state index in [0.29, 0.717) is 63.5 Å². The average molecular weight is 504 g/mol. The molecule has 0 saturated carbocycles. The summed E-state index contributed by atoms with van der Waals surface area (Å²) >= 11 is 0. The van der Waals surface area contributed by atoms with Gasteiger partial charge < -0.3 is 29.1 Å². The van der Waals surface area contributed by atoms with Crippen molar-refractivity contribution in [3.63, 3.8) is 0 Å². The molecule has 2 saturated heterocycles. The fourth-order valence-corrected chi connectivity index (χ4v) is 3.88. The molecule has 36 heavy (non-hydrogen) atoms. The number of rotatable bonds is 2. The molecule has 3 heterocycles. The fraction of sp³-hybridized carbons (Fsp3) is 0.640. The third-order valence-electron chi connectivity index (χ3n) is 5.67. The van der Waals surface area contributed by atoms with Gasteiger partial charge in [0, 0.05) is 64.8 Å². The quantitative estimate of drug-likeness (QED) is 0.609. The number of aromatic nitrogens is 1. The van der Waals surface area contributed by atoms with Gasteiger partial charge in [-0.25, -0.2) is 9.59 Å². The van der Waals surface area contributed by atoms with Gasteiger partial charge in [0.1, 0.15) is 11.2 Å². The summed E-state index contributed by atoms with van der Waals surface area (Å²) in [5.41, 5.74) is -0.520. The molecule has 0 N–H and O–H groups in total. The lowest BCUT2D eigenvalue weighted by atomic mass is 10.1. The first-order chi connectivity index (χ1) is 16.7. The van der Waals surface area contributed by atoms with Crippen molar-refractivity contribution in [1.29, 1.82) is 0 Å². The van der Waals surface area contributed by atoms with E-state index in [1.165, 1.54) is 12.4 Å². The number of ether oxygens (including phenoxy) is 2. The molecule has 0 radical (unpaired) electrons. The second kappa shape index (κ2) is 10.7. The predicted molar refractivity (Wildman–Crippen MR) is 132 cm³/mol. The number of carbonyl (C=O) groups is 4. The van der Waals surface area contributed by atoms with Crippen LogP contribution in [-0.4, -0.2) is 112 Å². The Morgan fingerprint density at radius 1 is 0.611 bits per heavy atom. The van der Waals surface area contributed by atoms with Crippen LogP contribution in [0.4, 0.5) is 9.59 Å². The fourth-order valence-electron chi connectivity index (χ4n) is 3.88. The third-order valence-corrected chi connectivity index (χ3v) is 5.67. The topological polar surface area (TPSA) is 113 Å². The van der Waals surface area contributed by atoms with Crippen molar-refractivity contribution in [3.05, 3.63) is 29.6 Å². The lowest BCUT2D eigenvalue weighted by molar-refractivity contribution is 0.0137. The molecule has 198 valence electrons. The summed E-state index contributed by atoms with van der Waals surface area (Å²) < 4.78 is 10.8. The van der Waals surface area contributed by atoms with Crippen molar-refractivity contribution < 1.29 is 28.7 Å². The van der Waals surface area contributed by atoms with Crippen LogP contribution in [0.5, 0.6) is 0 Å². The number of carbonyl (C=O) groups excluding carboxylic acids is 4. The molecule has 0 bridgehead atoms. The van der Waals surface area contributed by atoms with E-state index in [1.54, 1.807) is 25.7 Å². The first-order valence-corrected chi connectivity index (χ1v) is 12.2. The monoisotopic (exact) mass is 503 g/mol. The standard InChI is InChI=1S/C25H37N5O6/c1-24(2,3)35-22(33)29-11-7-27(8-12-29)20(31)18-15-19(17-26-16-18)21(32)28-9-13-30(14-10-28)23(34)36-25(4,5)6/h15-17H,7-14H2,1-6H3. The van der Waals surface area contributed by atoms with Crippen molar-refractivity contribution in [2.75, 3.05) is 52.4 Å². The van der Waals surface area contributed by atoms with Gasteiger partial charge in [-0.05, 0) is 47.6 Å². The molecule has 3 rings (SSSR count). The largest absolute Gasteiger partial charge is 0.444 e. The first kappa shape index (κ1) is 27.2. The number of hydrogen-bond acceptors (Lipinski definition) is 7. The number of nitrogens with zero attached hydrogens (tertiary/aromatic N) is 5. The molecule has 1 aromatic rings. The maximum Gasteiger partial charge on any atom is 0.410 e. The molecule has 0 atom stereocenters. The van der Waals surface area contributed by atoms with Crippen LogP contribution >= 0.6 is 0 Å². The molecule has 2 aliphatic heterocycles. The highest BCUT2D eigenvalue weighted by Crippen LogP contribution is 2.16. The zero-order valence-electron chi connectivity index (χ0n) is 22.1. The van der Waals surface area contributed by atoms with E-state index in [2.05, 4.69) is 4.98 Å². The van der Waals surface area contributed by atoms with Gasteiger partial charge in [0.05, 0.1) is 11.1 Å². The molecule has 1 aromatic heterocycles. The summed E-state index contributed by atoms with van der Waals surface area (Å²) in [7, 11) is 0. The Hall–Kier alpha value is -3.37. The lowest BCUT2D eigenvalue weighted by Crippen LogP contribution is -2.52. The normalized spacial score (nSPS) is 17.1. The molecular weight excluding hydrogens is 466 g/mol. The summed E-state index contributed by atoms with van der Waals surface area (Å²) in [5, 5.41) is 0. The van der Waals surface area contributed by atoms with Gasteiger partial charge in [-0.2, -0.15) is 0 Å². The molecule has 0 spiro atoms. The molecule has 0 unspecified atom stereocenters. The van der Waals surface area contributed by atoms with E-state index in [1.807, 2.05) is 41.5 Å². The van der Waals surface area contributed by atoms with Crippen molar-refractivity contribution >= 4 is 24.0 Å². The Balaban J connectivity index is 1.55. The molecule has 2 fully saturated rings.